The van der Waals surface area contributed by atoms with Crippen molar-refractivity contribution >= 4 is 35.3 Å². The lowest BCUT2D eigenvalue weighted by molar-refractivity contribution is 0.111. The third kappa shape index (κ3) is 4.92. The number of nitrogens with one attached hydrogen (secondary N) is 1. The van der Waals surface area contributed by atoms with E-state index in [4.69, 9.17) is 4.74 Å². The number of ether oxygens (including phenoxy) is 1. The van der Waals surface area contributed by atoms with Crippen LogP contribution in [0.3, 0.4) is 0 Å². The number of urea groups is 1. The number of amides is 2. The van der Waals surface area contributed by atoms with Crippen LogP contribution in [0.1, 0.15) is 40.0 Å². The highest BCUT2D eigenvalue weighted by Crippen LogP contribution is 2.34. The lowest BCUT2D eigenvalue weighted by Gasteiger charge is -2.29. The van der Waals surface area contributed by atoms with Crippen molar-refractivity contribution < 1.29 is 14.3 Å². The molecule has 0 aliphatic carbocycles. The smallest absolute Gasteiger partial charge is 0.328 e. The summed E-state index contributed by atoms with van der Waals surface area (Å²) in [4.78, 5) is 36.2. The van der Waals surface area contributed by atoms with Crippen molar-refractivity contribution in [1.82, 2.24) is 9.97 Å². The summed E-state index contributed by atoms with van der Waals surface area (Å²) < 4.78 is 5.09. The van der Waals surface area contributed by atoms with E-state index >= 15 is 0 Å². The largest absolute Gasteiger partial charge is 0.385 e. The minimum absolute atomic E-state index is 0.313. The highest BCUT2D eigenvalue weighted by Gasteiger charge is 2.26. The van der Waals surface area contributed by atoms with Gasteiger partial charge in [0.1, 0.15) is 23.4 Å². The number of aldehydes is 1. The molecule has 9 heteroatoms. The van der Waals surface area contributed by atoms with Gasteiger partial charge in [-0.05, 0) is 60.4 Å². The first kappa shape index (κ1) is 22.6. The number of nitrogens with zero attached hydrogens (tertiary/aromatic N) is 4. The number of rotatable bonds is 7. The first-order chi connectivity index (χ1) is 16.1. The number of thiophene rings is 1. The van der Waals surface area contributed by atoms with Crippen LogP contribution in [-0.2, 0) is 17.6 Å². The standard InChI is InChI=1S/C24H23N5O3S/c1-32-9-3-6-16-12-22(26-14-18(16)13-25)28-24(31)29-8-2-5-17-11-19(21-7-4-10-33-21)20(15-30)27-23(17)29/h4,7,10-12,14-15H,2-3,5-6,8-9H2,1H3,(H,26,28,31). The van der Waals surface area contributed by atoms with E-state index in [2.05, 4.69) is 21.4 Å². The zero-order valence-corrected chi connectivity index (χ0v) is 19.0. The van der Waals surface area contributed by atoms with Crippen LogP contribution < -0.4 is 10.2 Å². The minimum Gasteiger partial charge on any atom is -0.385 e. The van der Waals surface area contributed by atoms with Crippen LogP contribution in [0.5, 0.6) is 0 Å². The number of fused-ring (bicyclic) bond motifs is 1. The third-order valence-electron chi connectivity index (χ3n) is 5.47. The second kappa shape index (κ2) is 10.3. The molecule has 1 aliphatic rings. The normalized spacial score (nSPS) is 12.7. The maximum absolute atomic E-state index is 13.1. The molecule has 0 unspecified atom stereocenters. The van der Waals surface area contributed by atoms with Gasteiger partial charge >= 0.3 is 6.03 Å². The molecule has 0 spiro atoms. The summed E-state index contributed by atoms with van der Waals surface area (Å²) >= 11 is 1.55. The number of aryl methyl sites for hydroxylation is 2. The van der Waals surface area contributed by atoms with Crippen molar-refractivity contribution in [3.63, 3.8) is 0 Å². The Hall–Kier alpha value is -3.61. The van der Waals surface area contributed by atoms with Gasteiger partial charge in [-0.2, -0.15) is 5.26 Å². The summed E-state index contributed by atoms with van der Waals surface area (Å²) in [5.74, 6) is 0.861. The lowest BCUT2D eigenvalue weighted by Crippen LogP contribution is -2.39. The quantitative estimate of drug-likeness (QED) is 0.411. The van der Waals surface area contributed by atoms with Crippen LogP contribution in [0.2, 0.25) is 0 Å². The van der Waals surface area contributed by atoms with E-state index in [0.717, 1.165) is 47.1 Å². The van der Waals surface area contributed by atoms with Gasteiger partial charge in [-0.25, -0.2) is 14.8 Å². The summed E-state index contributed by atoms with van der Waals surface area (Å²) in [5.41, 5.74) is 3.31. The Morgan fingerprint density at radius 3 is 3.03 bits per heavy atom. The summed E-state index contributed by atoms with van der Waals surface area (Å²) in [6.07, 6.45) is 5.17. The van der Waals surface area contributed by atoms with E-state index in [9.17, 15) is 14.9 Å². The van der Waals surface area contributed by atoms with Crippen molar-refractivity contribution in [1.29, 1.82) is 5.26 Å². The molecule has 0 atom stereocenters. The fourth-order valence-electron chi connectivity index (χ4n) is 3.88. The van der Waals surface area contributed by atoms with Gasteiger partial charge in [0.15, 0.2) is 6.29 Å². The number of carbonyl (C=O) groups excluding carboxylic acids is 2. The predicted molar refractivity (Wildman–Crippen MR) is 127 cm³/mol. The van der Waals surface area contributed by atoms with Crippen LogP contribution in [0.4, 0.5) is 16.4 Å². The molecular formula is C24H23N5O3S. The monoisotopic (exact) mass is 461 g/mol. The van der Waals surface area contributed by atoms with Gasteiger partial charge in [-0.1, -0.05) is 6.07 Å². The summed E-state index contributed by atoms with van der Waals surface area (Å²) in [6.45, 7) is 1.07. The molecule has 1 N–H and O–H groups in total. The maximum atomic E-state index is 13.1. The zero-order valence-electron chi connectivity index (χ0n) is 18.2. The number of methoxy groups -OCH3 is 1. The number of hydrogen-bond donors (Lipinski definition) is 1. The van der Waals surface area contributed by atoms with Gasteiger partial charge in [0, 0.05) is 36.9 Å². The van der Waals surface area contributed by atoms with Gasteiger partial charge < -0.3 is 4.74 Å². The summed E-state index contributed by atoms with van der Waals surface area (Å²) in [5, 5.41) is 14.1. The van der Waals surface area contributed by atoms with E-state index in [1.165, 1.54) is 6.20 Å². The molecule has 0 aromatic carbocycles. The van der Waals surface area contributed by atoms with Crippen molar-refractivity contribution in [2.45, 2.75) is 25.7 Å². The fraction of sp³-hybridized carbons (Fsp3) is 0.292. The fourth-order valence-corrected chi connectivity index (χ4v) is 4.64. The minimum atomic E-state index is -0.371. The van der Waals surface area contributed by atoms with E-state index in [1.54, 1.807) is 29.4 Å². The Morgan fingerprint density at radius 2 is 2.30 bits per heavy atom. The van der Waals surface area contributed by atoms with E-state index < -0.39 is 0 Å². The molecule has 0 saturated heterocycles. The van der Waals surface area contributed by atoms with Gasteiger partial charge in [0.25, 0.3) is 0 Å². The molecular weight excluding hydrogens is 438 g/mol. The number of anilines is 2. The first-order valence-corrected chi connectivity index (χ1v) is 11.5. The molecule has 1 aliphatic heterocycles. The van der Waals surface area contributed by atoms with Crippen LogP contribution in [0.15, 0.2) is 35.8 Å². The van der Waals surface area contributed by atoms with Crippen molar-refractivity contribution in [2.24, 2.45) is 0 Å². The van der Waals surface area contributed by atoms with E-state index in [1.807, 2.05) is 23.6 Å². The van der Waals surface area contributed by atoms with Gasteiger partial charge in [-0.3, -0.25) is 15.0 Å². The number of pyridine rings is 2. The zero-order chi connectivity index (χ0) is 23.2. The van der Waals surface area contributed by atoms with Crippen molar-refractivity contribution in [3.8, 4) is 16.5 Å². The van der Waals surface area contributed by atoms with Gasteiger partial charge in [0.2, 0.25) is 0 Å². The van der Waals surface area contributed by atoms with Crippen LogP contribution in [0.25, 0.3) is 10.4 Å². The van der Waals surface area contributed by atoms with Crippen LogP contribution in [-0.4, -0.2) is 42.5 Å². The molecule has 8 nitrogen and oxygen atoms in total. The SMILES string of the molecule is COCCCc1cc(NC(=O)N2CCCc3cc(-c4cccs4)c(C=O)nc32)ncc1C#N. The molecule has 0 radical (unpaired) electrons. The average Bonchev–Trinajstić information content (AvgIpc) is 3.38. The van der Waals surface area contributed by atoms with Gasteiger partial charge in [0.05, 0.1) is 5.56 Å². The molecule has 2 amide bonds. The Kier molecular flexibility index (Phi) is 7.07. The van der Waals surface area contributed by atoms with E-state index in [-0.39, 0.29) is 6.03 Å². The topological polar surface area (TPSA) is 108 Å². The number of aromatic nitrogens is 2. The molecule has 33 heavy (non-hydrogen) atoms. The third-order valence-corrected chi connectivity index (χ3v) is 6.38. The van der Waals surface area contributed by atoms with Gasteiger partial charge in [-0.15, -0.1) is 11.3 Å². The number of nitriles is 1. The Labute approximate surface area is 195 Å². The molecule has 4 heterocycles. The van der Waals surface area contributed by atoms with E-state index in [0.29, 0.717) is 42.5 Å². The Morgan fingerprint density at radius 1 is 1.42 bits per heavy atom. The maximum Gasteiger partial charge on any atom is 0.328 e. The lowest BCUT2D eigenvalue weighted by atomic mass is 10.0. The molecule has 4 rings (SSSR count). The van der Waals surface area contributed by atoms with Crippen LogP contribution >= 0.6 is 11.3 Å². The Bertz CT molecular complexity index is 1200. The molecule has 3 aromatic rings. The molecule has 0 saturated carbocycles. The Balaban J connectivity index is 1.59. The highest BCUT2D eigenvalue weighted by molar-refractivity contribution is 7.13. The summed E-state index contributed by atoms with van der Waals surface area (Å²) in [7, 11) is 1.63. The molecule has 3 aromatic heterocycles. The van der Waals surface area contributed by atoms with Crippen LogP contribution in [0, 0.1) is 11.3 Å². The second-order valence-electron chi connectivity index (χ2n) is 7.62. The highest BCUT2D eigenvalue weighted by atomic mass is 32.1. The average molecular weight is 462 g/mol. The molecule has 0 fully saturated rings. The van der Waals surface area contributed by atoms with Crippen molar-refractivity contribution in [2.75, 3.05) is 30.5 Å². The number of carbonyl (C=O) groups is 2. The first-order valence-electron chi connectivity index (χ1n) is 10.6. The second-order valence-corrected chi connectivity index (χ2v) is 8.57. The molecule has 0 bridgehead atoms. The molecule has 168 valence electrons. The predicted octanol–water partition coefficient (Wildman–Crippen LogP) is 4.45. The number of hydrogen-bond acceptors (Lipinski definition) is 7. The van der Waals surface area contributed by atoms with Crippen molar-refractivity contribution in [3.05, 3.63) is 58.2 Å². The summed E-state index contributed by atoms with van der Waals surface area (Å²) in [6, 6.07) is 9.34.